The lowest BCUT2D eigenvalue weighted by Crippen LogP contribution is -2.70. The summed E-state index contributed by atoms with van der Waals surface area (Å²) in [4.78, 5) is 36.1. The predicted octanol–water partition coefficient (Wildman–Crippen LogP) is -0.984. The summed E-state index contributed by atoms with van der Waals surface area (Å²) in [6.07, 6.45) is -0.660. The maximum absolute atomic E-state index is 12.2. The Balaban J connectivity index is 2.10. The SMILES string of the molecule is CN[C@@H](O)CSCC1=C(C(=O)O)N2C(=O)C(NC(C)=O)C2SC1. The number of aliphatic hydroxyl groups excluding tert-OH is 1. The van der Waals surface area contributed by atoms with Gasteiger partial charge in [-0.05, 0) is 12.6 Å². The molecule has 1 fully saturated rings. The quantitative estimate of drug-likeness (QED) is 0.337. The number of aliphatic hydroxyl groups is 1. The van der Waals surface area contributed by atoms with Gasteiger partial charge in [-0.2, -0.15) is 11.8 Å². The van der Waals surface area contributed by atoms with Gasteiger partial charge in [-0.25, -0.2) is 4.79 Å². The molecule has 10 heteroatoms. The van der Waals surface area contributed by atoms with Crippen LogP contribution in [0.4, 0.5) is 0 Å². The van der Waals surface area contributed by atoms with Gasteiger partial charge in [-0.1, -0.05) is 0 Å². The van der Waals surface area contributed by atoms with E-state index in [2.05, 4.69) is 10.6 Å². The van der Waals surface area contributed by atoms with Crippen molar-refractivity contribution in [2.24, 2.45) is 0 Å². The van der Waals surface area contributed by atoms with Crippen molar-refractivity contribution in [3.05, 3.63) is 11.3 Å². The average Bonchev–Trinajstić information content (AvgIpc) is 2.51. The van der Waals surface area contributed by atoms with Gasteiger partial charge in [0, 0.05) is 24.2 Å². The first-order valence-electron chi connectivity index (χ1n) is 6.97. The molecule has 2 unspecified atom stereocenters. The number of carboxylic acids is 1. The number of aliphatic carboxylic acids is 1. The maximum Gasteiger partial charge on any atom is 0.352 e. The van der Waals surface area contributed by atoms with E-state index in [0.717, 1.165) is 0 Å². The molecule has 0 aromatic rings. The first-order valence-corrected chi connectivity index (χ1v) is 9.17. The molecule has 128 valence electrons. The minimum atomic E-state index is -1.14. The fourth-order valence-electron chi connectivity index (χ4n) is 2.39. The minimum absolute atomic E-state index is 0.00630. The third-order valence-corrected chi connectivity index (χ3v) is 5.94. The highest BCUT2D eigenvalue weighted by atomic mass is 32.2. The van der Waals surface area contributed by atoms with Crippen molar-refractivity contribution in [3.63, 3.8) is 0 Å². The fourth-order valence-corrected chi connectivity index (χ4v) is 4.86. The number of fused-ring (bicyclic) bond motifs is 1. The van der Waals surface area contributed by atoms with Gasteiger partial charge >= 0.3 is 5.97 Å². The van der Waals surface area contributed by atoms with Crippen molar-refractivity contribution in [3.8, 4) is 0 Å². The largest absolute Gasteiger partial charge is 0.477 e. The average molecular weight is 361 g/mol. The normalized spacial score (nSPS) is 24.8. The lowest BCUT2D eigenvalue weighted by atomic mass is 10.0. The highest BCUT2D eigenvalue weighted by molar-refractivity contribution is 8.01. The molecule has 0 aliphatic carbocycles. The summed E-state index contributed by atoms with van der Waals surface area (Å²) in [7, 11) is 1.63. The molecule has 2 rings (SSSR count). The van der Waals surface area contributed by atoms with E-state index in [1.807, 2.05) is 0 Å². The van der Waals surface area contributed by atoms with Crippen LogP contribution >= 0.6 is 23.5 Å². The van der Waals surface area contributed by atoms with E-state index in [0.29, 0.717) is 22.8 Å². The summed E-state index contributed by atoms with van der Waals surface area (Å²) in [5.41, 5.74) is 0.661. The number of thioether (sulfide) groups is 2. The van der Waals surface area contributed by atoms with Crippen LogP contribution in [0.3, 0.4) is 0 Å². The molecule has 4 N–H and O–H groups in total. The molecule has 2 heterocycles. The molecule has 8 nitrogen and oxygen atoms in total. The van der Waals surface area contributed by atoms with E-state index in [9.17, 15) is 24.6 Å². The molecule has 0 spiro atoms. The first kappa shape index (κ1) is 18.1. The van der Waals surface area contributed by atoms with Gasteiger partial charge in [-0.15, -0.1) is 11.8 Å². The Labute approximate surface area is 142 Å². The van der Waals surface area contributed by atoms with Crippen molar-refractivity contribution in [2.75, 3.05) is 24.3 Å². The Kier molecular flexibility index (Phi) is 5.95. The maximum atomic E-state index is 12.2. The molecule has 3 atom stereocenters. The molecule has 0 saturated carbocycles. The number of rotatable bonds is 7. The van der Waals surface area contributed by atoms with E-state index in [1.54, 1.807) is 7.05 Å². The van der Waals surface area contributed by atoms with Crippen LogP contribution in [0, 0.1) is 0 Å². The summed E-state index contributed by atoms with van der Waals surface area (Å²) >= 11 is 2.84. The summed E-state index contributed by atoms with van der Waals surface area (Å²) in [5, 5.41) is 23.8. The van der Waals surface area contributed by atoms with Crippen LogP contribution in [0.15, 0.2) is 11.3 Å². The van der Waals surface area contributed by atoms with Crippen molar-refractivity contribution < 1.29 is 24.6 Å². The molecule has 2 aliphatic heterocycles. The van der Waals surface area contributed by atoms with Crippen molar-refractivity contribution in [2.45, 2.75) is 24.6 Å². The fraction of sp³-hybridized carbons (Fsp3) is 0.615. The Morgan fingerprint density at radius 2 is 2.22 bits per heavy atom. The third kappa shape index (κ3) is 3.82. The van der Waals surface area contributed by atoms with E-state index < -0.39 is 24.1 Å². The van der Waals surface area contributed by atoms with Crippen LogP contribution < -0.4 is 10.6 Å². The van der Waals surface area contributed by atoms with Gasteiger partial charge in [0.1, 0.15) is 23.3 Å². The number of hydrogen-bond acceptors (Lipinski definition) is 7. The number of amides is 2. The first-order chi connectivity index (χ1) is 10.9. The molecular formula is C13H19N3O5S2. The summed E-state index contributed by atoms with van der Waals surface area (Å²) in [6, 6.07) is -0.660. The van der Waals surface area contributed by atoms with E-state index >= 15 is 0 Å². The molecule has 2 aliphatic rings. The monoisotopic (exact) mass is 361 g/mol. The van der Waals surface area contributed by atoms with Crippen LogP contribution in [-0.2, 0) is 14.4 Å². The molecule has 0 aromatic heterocycles. The summed E-state index contributed by atoms with van der Waals surface area (Å²) < 4.78 is 0. The third-order valence-electron chi connectivity index (χ3n) is 3.49. The van der Waals surface area contributed by atoms with Crippen LogP contribution in [0.5, 0.6) is 0 Å². The van der Waals surface area contributed by atoms with Gasteiger partial charge in [-0.3, -0.25) is 19.8 Å². The standard InChI is InChI=1S/C13H19N3O5S2/c1-6(17)15-9-11(19)16-10(13(20)21)7(4-23-12(9)16)3-22-5-8(18)14-2/h8-9,12,14,18H,3-5H2,1-2H3,(H,15,17)(H,20,21)/t8-,9?,12?/m0/s1. The number of hydrogen-bond donors (Lipinski definition) is 4. The van der Waals surface area contributed by atoms with Crippen LogP contribution in [0.2, 0.25) is 0 Å². The molecule has 0 bridgehead atoms. The lowest BCUT2D eigenvalue weighted by molar-refractivity contribution is -0.150. The summed E-state index contributed by atoms with van der Waals surface area (Å²) in [6.45, 7) is 1.33. The number of carboxylic acid groups (broad SMARTS) is 1. The van der Waals surface area contributed by atoms with Crippen LogP contribution in [-0.4, -0.2) is 74.8 Å². The zero-order valence-corrected chi connectivity index (χ0v) is 14.4. The highest BCUT2D eigenvalue weighted by Crippen LogP contribution is 2.41. The number of carbonyl (C=O) groups is 3. The van der Waals surface area contributed by atoms with Crippen LogP contribution in [0.1, 0.15) is 6.92 Å². The number of carbonyl (C=O) groups excluding carboxylic acids is 2. The Morgan fingerprint density at radius 3 is 2.78 bits per heavy atom. The van der Waals surface area contributed by atoms with E-state index in [1.165, 1.54) is 35.3 Å². The Bertz CT molecular complexity index is 554. The van der Waals surface area contributed by atoms with Gasteiger partial charge in [0.2, 0.25) is 5.91 Å². The zero-order chi connectivity index (χ0) is 17.1. The second-order valence-corrected chi connectivity index (χ2v) is 7.30. The van der Waals surface area contributed by atoms with Gasteiger partial charge in [0.25, 0.3) is 5.91 Å². The van der Waals surface area contributed by atoms with Crippen LogP contribution in [0.25, 0.3) is 0 Å². The van der Waals surface area contributed by atoms with E-state index in [4.69, 9.17) is 0 Å². The Hall–Kier alpha value is -1.23. The smallest absolute Gasteiger partial charge is 0.352 e. The van der Waals surface area contributed by atoms with E-state index in [-0.39, 0.29) is 17.0 Å². The number of nitrogens with zero attached hydrogens (tertiary/aromatic N) is 1. The topological polar surface area (TPSA) is 119 Å². The summed E-state index contributed by atoms with van der Waals surface area (Å²) in [5.74, 6) is -0.526. The Morgan fingerprint density at radius 1 is 1.52 bits per heavy atom. The number of β-lactam (4-membered cyclic amide) rings is 1. The lowest BCUT2D eigenvalue weighted by Gasteiger charge is -2.49. The van der Waals surface area contributed by atoms with Crippen molar-refractivity contribution >= 4 is 41.3 Å². The molecule has 0 radical (unpaired) electrons. The number of nitrogens with one attached hydrogen (secondary N) is 2. The molecule has 2 amide bonds. The predicted molar refractivity (Wildman–Crippen MR) is 87.8 cm³/mol. The molecule has 0 aromatic carbocycles. The second kappa shape index (κ2) is 7.56. The minimum Gasteiger partial charge on any atom is -0.477 e. The molecule has 1 saturated heterocycles. The van der Waals surface area contributed by atoms with Gasteiger partial charge in [0.05, 0.1) is 0 Å². The van der Waals surface area contributed by atoms with Gasteiger partial charge < -0.3 is 15.5 Å². The molecular weight excluding hydrogens is 342 g/mol. The second-order valence-electron chi connectivity index (χ2n) is 5.16. The molecule has 23 heavy (non-hydrogen) atoms. The van der Waals surface area contributed by atoms with Crippen molar-refractivity contribution in [1.82, 2.24) is 15.5 Å². The zero-order valence-electron chi connectivity index (χ0n) is 12.7. The van der Waals surface area contributed by atoms with Crippen molar-refractivity contribution in [1.29, 1.82) is 0 Å². The van der Waals surface area contributed by atoms with Gasteiger partial charge in [0.15, 0.2) is 0 Å². The highest BCUT2D eigenvalue weighted by Gasteiger charge is 2.53.